The molecule has 5 nitrogen and oxygen atoms in total. The van der Waals surface area contributed by atoms with Gasteiger partial charge in [0, 0.05) is 22.3 Å². The summed E-state index contributed by atoms with van der Waals surface area (Å²) in [6.07, 6.45) is 0. The molecule has 0 aliphatic heterocycles. The van der Waals surface area contributed by atoms with Crippen LogP contribution in [0.15, 0.2) is 164 Å². The fraction of sp³-hybridized carbons (Fsp3) is 0. The Morgan fingerprint density at radius 2 is 0.625 bits per heavy atom. The van der Waals surface area contributed by atoms with E-state index in [1.165, 1.54) is 5.39 Å². The molecule has 0 saturated heterocycles. The fourth-order valence-corrected chi connectivity index (χ4v) is 6.18. The van der Waals surface area contributed by atoms with Crippen LogP contribution in [0, 0.1) is 0 Å². The normalized spacial score (nSPS) is 11.3. The van der Waals surface area contributed by atoms with Gasteiger partial charge in [-0.25, -0.2) is 24.9 Å². The van der Waals surface area contributed by atoms with Crippen molar-refractivity contribution >= 4 is 32.3 Å². The highest BCUT2D eigenvalue weighted by molar-refractivity contribution is 5.89. The van der Waals surface area contributed by atoms with Gasteiger partial charge in [0.05, 0.1) is 5.69 Å². The molecule has 48 heavy (non-hydrogen) atoms. The second-order valence-electron chi connectivity index (χ2n) is 11.8. The van der Waals surface area contributed by atoms with E-state index in [0.29, 0.717) is 29.0 Å². The van der Waals surface area contributed by atoms with Gasteiger partial charge in [0.1, 0.15) is 5.69 Å². The maximum absolute atomic E-state index is 5.13. The van der Waals surface area contributed by atoms with Gasteiger partial charge in [-0.1, -0.05) is 140 Å². The standard InChI is InChI=1S/C43H27N5/c1-2-13-31(14-3-1)40-46-42(37-23-20-30-12-6-9-17-34(30)26-37)48-43(47-40)39-27-38(35-21-18-28-10-4-7-15-32(28)24-35)44-41(45-39)36-22-19-29-11-5-8-16-33(29)25-36/h1-27H. The predicted molar refractivity (Wildman–Crippen MR) is 195 cm³/mol. The van der Waals surface area contributed by atoms with Crippen molar-refractivity contribution in [2.45, 2.75) is 0 Å². The van der Waals surface area contributed by atoms with E-state index in [1.54, 1.807) is 0 Å². The Labute approximate surface area is 277 Å². The van der Waals surface area contributed by atoms with Crippen LogP contribution in [0.5, 0.6) is 0 Å². The van der Waals surface area contributed by atoms with Gasteiger partial charge < -0.3 is 0 Å². The largest absolute Gasteiger partial charge is 0.228 e. The van der Waals surface area contributed by atoms with E-state index >= 15 is 0 Å². The second-order valence-corrected chi connectivity index (χ2v) is 11.8. The Morgan fingerprint density at radius 3 is 1.19 bits per heavy atom. The summed E-state index contributed by atoms with van der Waals surface area (Å²) in [5, 5.41) is 6.90. The Kier molecular flexibility index (Phi) is 6.72. The Bertz CT molecular complexity index is 2530. The van der Waals surface area contributed by atoms with Crippen molar-refractivity contribution in [3.8, 4) is 56.9 Å². The number of aromatic nitrogens is 5. The van der Waals surface area contributed by atoms with Crippen LogP contribution in [0.4, 0.5) is 0 Å². The lowest BCUT2D eigenvalue weighted by Crippen LogP contribution is -2.03. The molecule has 0 aliphatic rings. The molecule has 5 heteroatoms. The molecular weight excluding hydrogens is 587 g/mol. The zero-order valence-corrected chi connectivity index (χ0v) is 25.8. The van der Waals surface area contributed by atoms with Crippen LogP contribution >= 0.6 is 0 Å². The van der Waals surface area contributed by atoms with Gasteiger partial charge in [0.25, 0.3) is 0 Å². The summed E-state index contributed by atoms with van der Waals surface area (Å²) in [7, 11) is 0. The molecule has 0 spiro atoms. The van der Waals surface area contributed by atoms with Crippen LogP contribution in [0.25, 0.3) is 89.3 Å². The van der Waals surface area contributed by atoms with Crippen molar-refractivity contribution in [1.29, 1.82) is 0 Å². The van der Waals surface area contributed by atoms with Crippen molar-refractivity contribution < 1.29 is 0 Å². The number of benzene rings is 7. The van der Waals surface area contributed by atoms with E-state index in [2.05, 4.69) is 109 Å². The molecule has 9 rings (SSSR count). The summed E-state index contributed by atoms with van der Waals surface area (Å²) >= 11 is 0. The summed E-state index contributed by atoms with van der Waals surface area (Å²) in [5.41, 5.74) is 5.15. The van der Waals surface area contributed by atoms with E-state index in [0.717, 1.165) is 54.9 Å². The van der Waals surface area contributed by atoms with E-state index in [9.17, 15) is 0 Å². The van der Waals surface area contributed by atoms with Crippen LogP contribution in [0.1, 0.15) is 0 Å². The van der Waals surface area contributed by atoms with Gasteiger partial charge >= 0.3 is 0 Å². The number of hydrogen-bond acceptors (Lipinski definition) is 5. The maximum atomic E-state index is 5.13. The minimum Gasteiger partial charge on any atom is -0.228 e. The lowest BCUT2D eigenvalue weighted by molar-refractivity contribution is 1.05. The van der Waals surface area contributed by atoms with E-state index in [4.69, 9.17) is 24.9 Å². The Hall–Kier alpha value is -6.59. The number of hydrogen-bond donors (Lipinski definition) is 0. The van der Waals surface area contributed by atoms with Crippen LogP contribution in [-0.4, -0.2) is 24.9 Å². The van der Waals surface area contributed by atoms with Crippen molar-refractivity contribution in [1.82, 2.24) is 24.9 Å². The molecule has 2 aromatic heterocycles. The highest BCUT2D eigenvalue weighted by atomic mass is 15.1. The SMILES string of the molecule is c1ccc(-c2nc(-c3ccc4ccccc4c3)nc(-c3cc(-c4ccc5ccccc5c4)nc(-c4ccc5ccccc5c4)n3)n2)cc1. The fourth-order valence-electron chi connectivity index (χ4n) is 6.18. The van der Waals surface area contributed by atoms with Crippen molar-refractivity contribution in [2.24, 2.45) is 0 Å². The lowest BCUT2D eigenvalue weighted by atomic mass is 10.0. The first-order valence-corrected chi connectivity index (χ1v) is 15.9. The minimum atomic E-state index is 0.485. The number of nitrogens with zero attached hydrogens (tertiary/aromatic N) is 5. The summed E-state index contributed by atoms with van der Waals surface area (Å²) in [6, 6.07) is 56.1. The molecule has 0 unspecified atom stereocenters. The number of rotatable bonds is 5. The molecular formula is C43H27N5. The van der Waals surface area contributed by atoms with Gasteiger partial charge in [-0.05, 0) is 56.6 Å². The van der Waals surface area contributed by atoms with Gasteiger partial charge in [-0.2, -0.15) is 0 Å². The molecule has 0 atom stereocenters. The zero-order chi connectivity index (χ0) is 31.9. The molecule has 0 aliphatic carbocycles. The molecule has 0 fully saturated rings. The van der Waals surface area contributed by atoms with Crippen molar-refractivity contribution in [3.63, 3.8) is 0 Å². The molecule has 0 radical (unpaired) electrons. The molecule has 0 bridgehead atoms. The first-order chi connectivity index (χ1) is 23.7. The molecule has 7 aromatic carbocycles. The molecule has 0 amide bonds. The average molecular weight is 614 g/mol. The third-order valence-corrected chi connectivity index (χ3v) is 8.68. The third kappa shape index (κ3) is 5.23. The predicted octanol–water partition coefficient (Wildman–Crippen LogP) is 10.5. The Balaban J connectivity index is 1.27. The van der Waals surface area contributed by atoms with Crippen LogP contribution in [-0.2, 0) is 0 Å². The quantitative estimate of drug-likeness (QED) is 0.193. The number of fused-ring (bicyclic) bond motifs is 3. The first-order valence-electron chi connectivity index (χ1n) is 15.9. The second kappa shape index (κ2) is 11.6. The summed E-state index contributed by atoms with van der Waals surface area (Å²) in [6.45, 7) is 0. The summed E-state index contributed by atoms with van der Waals surface area (Å²) in [4.78, 5) is 25.3. The smallest absolute Gasteiger partial charge is 0.182 e. The highest BCUT2D eigenvalue weighted by Crippen LogP contribution is 2.32. The van der Waals surface area contributed by atoms with Gasteiger partial charge in [-0.3, -0.25) is 0 Å². The first kappa shape index (κ1) is 27.7. The van der Waals surface area contributed by atoms with E-state index < -0.39 is 0 Å². The van der Waals surface area contributed by atoms with E-state index in [1.807, 2.05) is 54.6 Å². The van der Waals surface area contributed by atoms with Gasteiger partial charge in [0.15, 0.2) is 23.3 Å². The average Bonchev–Trinajstić information content (AvgIpc) is 3.17. The molecule has 0 N–H and O–H groups in total. The monoisotopic (exact) mass is 613 g/mol. The molecule has 2 heterocycles. The maximum Gasteiger partial charge on any atom is 0.182 e. The highest BCUT2D eigenvalue weighted by Gasteiger charge is 2.17. The topological polar surface area (TPSA) is 64.5 Å². The van der Waals surface area contributed by atoms with Crippen LogP contribution in [0.2, 0.25) is 0 Å². The zero-order valence-electron chi connectivity index (χ0n) is 25.8. The summed E-state index contributed by atoms with van der Waals surface area (Å²) in [5.74, 6) is 2.26. The van der Waals surface area contributed by atoms with Gasteiger partial charge in [0.2, 0.25) is 0 Å². The minimum absolute atomic E-state index is 0.485. The van der Waals surface area contributed by atoms with Crippen LogP contribution < -0.4 is 0 Å². The van der Waals surface area contributed by atoms with Crippen LogP contribution in [0.3, 0.4) is 0 Å². The molecule has 9 aromatic rings. The lowest BCUT2D eigenvalue weighted by Gasteiger charge is -2.12. The summed E-state index contributed by atoms with van der Waals surface area (Å²) < 4.78 is 0. The molecule has 224 valence electrons. The van der Waals surface area contributed by atoms with E-state index in [-0.39, 0.29) is 0 Å². The molecule has 0 saturated carbocycles. The van der Waals surface area contributed by atoms with Gasteiger partial charge in [-0.15, -0.1) is 0 Å². The van der Waals surface area contributed by atoms with Crippen molar-refractivity contribution in [3.05, 3.63) is 164 Å². The Morgan fingerprint density at radius 1 is 0.229 bits per heavy atom. The van der Waals surface area contributed by atoms with Crippen molar-refractivity contribution in [2.75, 3.05) is 0 Å². The third-order valence-electron chi connectivity index (χ3n) is 8.68.